The van der Waals surface area contributed by atoms with Crippen LogP contribution in [0.15, 0.2) is 33.6 Å². The first-order valence-electron chi connectivity index (χ1n) is 6.68. The average Bonchev–Trinajstić information content (AvgIpc) is 2.92. The van der Waals surface area contributed by atoms with Crippen LogP contribution in [0.2, 0.25) is 0 Å². The van der Waals surface area contributed by atoms with Crippen molar-refractivity contribution in [2.75, 3.05) is 11.1 Å². The van der Waals surface area contributed by atoms with E-state index in [2.05, 4.69) is 38.4 Å². The summed E-state index contributed by atoms with van der Waals surface area (Å²) in [6.45, 7) is 2.14. The lowest BCUT2D eigenvalue weighted by Crippen LogP contribution is -2.13. The van der Waals surface area contributed by atoms with Crippen molar-refractivity contribution in [2.45, 2.75) is 31.1 Å². The Morgan fingerprint density at radius 1 is 1.33 bits per heavy atom. The smallest absolute Gasteiger partial charge is 0.236 e. The minimum absolute atomic E-state index is 0.0545. The minimum atomic E-state index is -0.0545. The molecule has 0 bridgehead atoms. The van der Waals surface area contributed by atoms with Crippen LogP contribution < -0.4 is 5.32 Å². The highest BCUT2D eigenvalue weighted by Crippen LogP contribution is 2.21. The van der Waals surface area contributed by atoms with Crippen molar-refractivity contribution in [1.29, 1.82) is 0 Å². The molecule has 0 radical (unpaired) electrons. The largest absolute Gasteiger partial charge is 0.300 e. The van der Waals surface area contributed by atoms with Gasteiger partial charge in [0.1, 0.15) is 5.01 Å². The van der Waals surface area contributed by atoms with Crippen LogP contribution in [0.25, 0.3) is 0 Å². The predicted octanol–water partition coefficient (Wildman–Crippen LogP) is 4.37. The monoisotopic (exact) mass is 385 g/mol. The molecule has 1 heterocycles. The van der Waals surface area contributed by atoms with Gasteiger partial charge in [0.25, 0.3) is 0 Å². The summed E-state index contributed by atoms with van der Waals surface area (Å²) in [7, 11) is 0. The van der Waals surface area contributed by atoms with E-state index in [4.69, 9.17) is 0 Å². The number of hydrogen-bond acceptors (Lipinski definition) is 5. The second-order valence-corrected chi connectivity index (χ2v) is 7.42. The standard InChI is InChI=1S/C14H16BrN3OS2/c1-2-3-4-13-17-18-14(21-13)16-12(19)9-20-11-7-5-10(15)6-8-11/h5-8H,2-4,9H2,1H3,(H,16,18,19). The van der Waals surface area contributed by atoms with Gasteiger partial charge in [-0.1, -0.05) is 40.6 Å². The van der Waals surface area contributed by atoms with Crippen molar-refractivity contribution in [3.05, 3.63) is 33.7 Å². The normalized spacial score (nSPS) is 10.6. The number of hydrogen-bond donors (Lipinski definition) is 1. The summed E-state index contributed by atoms with van der Waals surface area (Å²) in [5, 5.41) is 12.4. The molecule has 1 aromatic heterocycles. The topological polar surface area (TPSA) is 54.9 Å². The Morgan fingerprint density at radius 3 is 2.81 bits per heavy atom. The van der Waals surface area contributed by atoms with Gasteiger partial charge in [-0.2, -0.15) is 0 Å². The molecule has 0 aliphatic rings. The molecule has 2 rings (SSSR count). The maximum Gasteiger partial charge on any atom is 0.236 e. The molecule has 0 aliphatic carbocycles. The van der Waals surface area contributed by atoms with Gasteiger partial charge in [-0.05, 0) is 30.7 Å². The van der Waals surface area contributed by atoms with Crippen molar-refractivity contribution < 1.29 is 4.79 Å². The van der Waals surface area contributed by atoms with E-state index >= 15 is 0 Å². The van der Waals surface area contributed by atoms with Crippen LogP contribution in [0.5, 0.6) is 0 Å². The molecule has 0 spiro atoms. The number of benzene rings is 1. The third kappa shape index (κ3) is 5.76. The first kappa shape index (κ1) is 16.5. The molecule has 0 saturated carbocycles. The van der Waals surface area contributed by atoms with E-state index in [9.17, 15) is 4.79 Å². The third-order valence-corrected chi connectivity index (χ3v) is 5.08. The number of halogens is 1. The quantitative estimate of drug-likeness (QED) is 0.718. The van der Waals surface area contributed by atoms with Gasteiger partial charge in [-0.25, -0.2) is 0 Å². The van der Waals surface area contributed by atoms with Gasteiger partial charge in [0.15, 0.2) is 0 Å². The van der Waals surface area contributed by atoms with E-state index in [0.29, 0.717) is 10.9 Å². The molecule has 0 atom stereocenters. The summed E-state index contributed by atoms with van der Waals surface area (Å²) in [4.78, 5) is 12.9. The number of carbonyl (C=O) groups is 1. The van der Waals surface area contributed by atoms with Gasteiger partial charge < -0.3 is 0 Å². The predicted molar refractivity (Wildman–Crippen MR) is 92.0 cm³/mol. The van der Waals surface area contributed by atoms with Gasteiger partial charge in [0.05, 0.1) is 5.75 Å². The summed E-state index contributed by atoms with van der Waals surface area (Å²) < 4.78 is 1.03. The molecule has 112 valence electrons. The SMILES string of the molecule is CCCCc1nnc(NC(=O)CSc2ccc(Br)cc2)s1. The van der Waals surface area contributed by atoms with Crippen molar-refractivity contribution in [1.82, 2.24) is 10.2 Å². The van der Waals surface area contributed by atoms with Gasteiger partial charge >= 0.3 is 0 Å². The Hall–Kier alpha value is -0.920. The molecule has 1 aromatic carbocycles. The zero-order chi connectivity index (χ0) is 15.1. The van der Waals surface area contributed by atoms with Crippen molar-refractivity contribution in [3.63, 3.8) is 0 Å². The highest BCUT2D eigenvalue weighted by molar-refractivity contribution is 9.10. The fourth-order valence-electron chi connectivity index (χ4n) is 1.57. The Kier molecular flexibility index (Phi) is 6.66. The van der Waals surface area contributed by atoms with E-state index in [1.165, 1.54) is 23.1 Å². The molecular weight excluding hydrogens is 370 g/mol. The van der Waals surface area contributed by atoms with Crippen LogP contribution in [-0.2, 0) is 11.2 Å². The van der Waals surface area contributed by atoms with Crippen LogP contribution >= 0.6 is 39.0 Å². The fourth-order valence-corrected chi connectivity index (χ4v) is 3.33. The summed E-state index contributed by atoms with van der Waals surface area (Å²) in [6.07, 6.45) is 3.16. The number of amides is 1. The molecular formula is C14H16BrN3OS2. The van der Waals surface area contributed by atoms with E-state index in [1.54, 1.807) is 0 Å². The lowest BCUT2D eigenvalue weighted by Gasteiger charge is -2.01. The summed E-state index contributed by atoms with van der Waals surface area (Å²) in [6, 6.07) is 7.89. The average molecular weight is 386 g/mol. The van der Waals surface area contributed by atoms with Crippen LogP contribution in [-0.4, -0.2) is 21.9 Å². The molecule has 2 aromatic rings. The van der Waals surface area contributed by atoms with Crippen molar-refractivity contribution >= 4 is 50.1 Å². The first-order valence-corrected chi connectivity index (χ1v) is 9.27. The maximum atomic E-state index is 11.9. The van der Waals surface area contributed by atoms with E-state index in [0.717, 1.165) is 33.6 Å². The number of carbonyl (C=O) groups excluding carboxylic acids is 1. The molecule has 0 fully saturated rings. The fraction of sp³-hybridized carbons (Fsp3) is 0.357. The molecule has 7 heteroatoms. The lowest BCUT2D eigenvalue weighted by atomic mass is 10.3. The van der Waals surface area contributed by atoms with Crippen molar-refractivity contribution in [3.8, 4) is 0 Å². The Labute approximate surface area is 140 Å². The number of nitrogens with one attached hydrogen (secondary N) is 1. The zero-order valence-electron chi connectivity index (χ0n) is 11.6. The molecule has 1 N–H and O–H groups in total. The molecule has 4 nitrogen and oxygen atoms in total. The highest BCUT2D eigenvalue weighted by atomic mass is 79.9. The van der Waals surface area contributed by atoms with Gasteiger partial charge in [-0.15, -0.1) is 22.0 Å². The van der Waals surface area contributed by atoms with Crippen LogP contribution in [0.1, 0.15) is 24.8 Å². The number of nitrogens with zero attached hydrogens (tertiary/aromatic N) is 2. The van der Waals surface area contributed by atoms with Crippen LogP contribution in [0, 0.1) is 0 Å². The summed E-state index contributed by atoms with van der Waals surface area (Å²) in [5.74, 6) is 0.312. The van der Waals surface area contributed by atoms with Gasteiger partial charge in [0.2, 0.25) is 11.0 Å². The molecule has 21 heavy (non-hydrogen) atoms. The zero-order valence-corrected chi connectivity index (χ0v) is 14.9. The van der Waals surface area contributed by atoms with Gasteiger partial charge in [-0.3, -0.25) is 10.1 Å². The molecule has 0 saturated heterocycles. The summed E-state index contributed by atoms with van der Waals surface area (Å²) >= 11 is 6.34. The Morgan fingerprint density at radius 2 is 2.10 bits per heavy atom. The number of aryl methyl sites for hydroxylation is 1. The highest BCUT2D eigenvalue weighted by Gasteiger charge is 2.08. The minimum Gasteiger partial charge on any atom is -0.300 e. The number of aromatic nitrogens is 2. The molecule has 0 unspecified atom stereocenters. The molecule has 0 aliphatic heterocycles. The van der Waals surface area contributed by atoms with Crippen LogP contribution in [0.3, 0.4) is 0 Å². The van der Waals surface area contributed by atoms with Crippen LogP contribution in [0.4, 0.5) is 5.13 Å². The number of rotatable bonds is 7. The van der Waals surface area contributed by atoms with E-state index < -0.39 is 0 Å². The second-order valence-electron chi connectivity index (χ2n) is 4.40. The number of thioether (sulfide) groups is 1. The maximum absolute atomic E-state index is 11.9. The Balaban J connectivity index is 1.78. The summed E-state index contributed by atoms with van der Waals surface area (Å²) in [5.41, 5.74) is 0. The van der Waals surface area contributed by atoms with E-state index in [1.807, 2.05) is 24.3 Å². The number of anilines is 1. The van der Waals surface area contributed by atoms with E-state index in [-0.39, 0.29) is 5.91 Å². The molecule has 1 amide bonds. The Bertz CT molecular complexity index is 586. The van der Waals surface area contributed by atoms with Crippen molar-refractivity contribution in [2.24, 2.45) is 0 Å². The number of unbranched alkanes of at least 4 members (excludes halogenated alkanes) is 1. The second kappa shape index (κ2) is 8.51. The lowest BCUT2D eigenvalue weighted by molar-refractivity contribution is -0.113. The first-order chi connectivity index (χ1) is 10.2. The van der Waals surface area contributed by atoms with Gasteiger partial charge in [0, 0.05) is 15.8 Å². The third-order valence-electron chi connectivity index (χ3n) is 2.64.